The number of aromatic nitrogens is 3. The van der Waals surface area contributed by atoms with Crippen molar-refractivity contribution < 1.29 is 60.7 Å². The molecule has 23 nitrogen and oxygen atoms in total. The summed E-state index contributed by atoms with van der Waals surface area (Å²) in [6, 6.07) is 0. The van der Waals surface area contributed by atoms with Crippen LogP contribution in [0, 0.1) is 60.7 Å². The van der Waals surface area contributed by atoms with Crippen LogP contribution in [0.1, 0.15) is 10.6 Å². The van der Waals surface area contributed by atoms with Crippen LogP contribution >= 0.6 is 0 Å². The highest BCUT2D eigenvalue weighted by Gasteiger charge is 2.69. The summed E-state index contributed by atoms with van der Waals surface area (Å²) in [5.74, 6) is -25.3. The van der Waals surface area contributed by atoms with Crippen molar-refractivity contribution in [2.75, 3.05) is 18.0 Å². The van der Waals surface area contributed by atoms with Crippen LogP contribution in [0.4, 0.5) is 32.3 Å². The van der Waals surface area contributed by atoms with E-state index in [-0.39, 0.29) is 0 Å². The first-order chi connectivity index (χ1) is 17.0. The second-order valence-corrected chi connectivity index (χ2v) is 6.39. The Morgan fingerprint density at radius 3 is 1.29 bits per heavy atom. The Morgan fingerprint density at radius 2 is 1.03 bits per heavy atom. The zero-order chi connectivity index (χ0) is 30.2. The summed E-state index contributed by atoms with van der Waals surface area (Å²) in [6.45, 7) is -5.83. The van der Waals surface area contributed by atoms with Gasteiger partial charge in [0.15, 0.2) is 0 Å². The van der Waals surface area contributed by atoms with E-state index >= 15 is 0 Å². The number of halogens is 6. The second kappa shape index (κ2) is 9.57. The van der Waals surface area contributed by atoms with Crippen LogP contribution in [0.25, 0.3) is 0 Å². The molecule has 0 aliphatic heterocycles. The molecule has 0 N–H and O–H groups in total. The van der Waals surface area contributed by atoms with Crippen LogP contribution in [0.15, 0.2) is 0 Å². The topological polar surface area (TPSA) is 310 Å². The average molecular weight is 574 g/mol. The molecule has 0 atom stereocenters. The first kappa shape index (κ1) is 30.6. The first-order valence-corrected chi connectivity index (χ1v) is 8.25. The molecule has 1 heterocycles. The molecule has 0 aromatic carbocycles. The molecule has 1 rings (SSSR count). The Labute approximate surface area is 197 Å². The summed E-state index contributed by atoms with van der Waals surface area (Å²) in [4.78, 5) is 60.5. The predicted octanol–water partition coefficient (Wildman–Crippen LogP) is -0.726. The molecule has 0 fully saturated rings. The predicted molar refractivity (Wildman–Crippen MR) is 91.3 cm³/mol. The fourth-order valence-corrected chi connectivity index (χ4v) is 2.28. The molecule has 0 saturated heterocycles. The van der Waals surface area contributed by atoms with E-state index in [2.05, 4.69) is 10.2 Å². The van der Waals surface area contributed by atoms with Crippen molar-refractivity contribution in [1.29, 1.82) is 0 Å². The van der Waals surface area contributed by atoms with Crippen molar-refractivity contribution in [3.05, 3.63) is 66.5 Å². The number of anilines is 1. The van der Waals surface area contributed by atoms with Gasteiger partial charge in [0.05, 0.1) is 0 Å². The van der Waals surface area contributed by atoms with Gasteiger partial charge in [-0.25, -0.2) is 4.57 Å². The van der Waals surface area contributed by atoms with Crippen molar-refractivity contribution in [2.24, 2.45) is 0 Å². The first-order valence-electron chi connectivity index (χ1n) is 8.25. The molecule has 29 heteroatoms. The van der Waals surface area contributed by atoms with Gasteiger partial charge >= 0.3 is 35.7 Å². The summed E-state index contributed by atoms with van der Waals surface area (Å²) in [5.41, 5.74) is 0. The van der Waals surface area contributed by atoms with Gasteiger partial charge in [-0.15, -0.1) is 10.2 Å². The number of nitro groups is 6. The van der Waals surface area contributed by atoms with Crippen molar-refractivity contribution in [3.8, 4) is 0 Å². The Bertz CT molecular complexity index is 1150. The number of alkyl halides is 6. The highest BCUT2D eigenvalue weighted by Crippen LogP contribution is 2.33. The quantitative estimate of drug-likeness (QED) is 0.0976. The van der Waals surface area contributed by atoms with E-state index in [0.29, 0.717) is 0 Å². The number of carbonyl (C=O) groups excluding carboxylic acids is 1. The van der Waals surface area contributed by atoms with Gasteiger partial charge in [0.2, 0.25) is 19.0 Å². The summed E-state index contributed by atoms with van der Waals surface area (Å²) in [5, 5.41) is 69.8. The van der Waals surface area contributed by atoms with Gasteiger partial charge in [-0.1, -0.05) is 13.2 Å². The monoisotopic (exact) mass is 574 g/mol. The van der Waals surface area contributed by atoms with Gasteiger partial charge in [-0.05, 0) is 0 Å². The summed E-state index contributed by atoms with van der Waals surface area (Å²) < 4.78 is 81.2. The lowest BCUT2D eigenvalue weighted by molar-refractivity contribution is -0.847. The second-order valence-electron chi connectivity index (χ2n) is 6.39. The molecule has 0 aliphatic rings. The Balaban J connectivity index is 4.22. The van der Waals surface area contributed by atoms with Crippen LogP contribution < -0.4 is 4.90 Å². The molecule has 0 amide bonds. The largest absolute Gasteiger partial charge is 0.678 e. The van der Waals surface area contributed by atoms with Crippen LogP contribution in [0.5, 0.6) is 0 Å². The Kier molecular flexibility index (Phi) is 7.71. The van der Waals surface area contributed by atoms with Gasteiger partial charge < -0.3 is 4.90 Å². The van der Waals surface area contributed by atoms with Crippen molar-refractivity contribution in [2.45, 2.75) is 23.9 Å². The van der Waals surface area contributed by atoms with Gasteiger partial charge in [-0.3, -0.25) is 65.5 Å². The lowest BCUT2D eigenvalue weighted by Gasteiger charge is -2.24. The van der Waals surface area contributed by atoms with Crippen LogP contribution in [0.2, 0.25) is 0 Å². The Morgan fingerprint density at radius 1 is 0.684 bits per heavy atom. The summed E-state index contributed by atoms with van der Waals surface area (Å²) in [7, 11) is 0. The zero-order valence-electron chi connectivity index (χ0n) is 17.0. The standard InChI is InChI=1S/C9H4F6N10O13/c10-6(20(27)28,21(29)30)1-18(2-7(11,22(31)32)23(33)34)5-17-16-3(9(15,24(35)36)25(37)38)19(5)4(26)8(12,13)14/h1-2H2. The molecule has 0 aliphatic carbocycles. The third-order valence-electron chi connectivity index (χ3n) is 4.05. The van der Waals surface area contributed by atoms with Gasteiger partial charge in [0.1, 0.15) is 29.5 Å². The number of rotatable bonds is 12. The van der Waals surface area contributed by atoms with Crippen LogP contribution in [-0.4, -0.2) is 81.3 Å². The molecule has 1 aromatic heterocycles. The molecule has 1 aromatic rings. The van der Waals surface area contributed by atoms with E-state index in [1.54, 1.807) is 0 Å². The molecular weight excluding hydrogens is 570 g/mol. The maximum Gasteiger partial charge on any atom is 0.678 e. The molecular formula is C9H4F6N10O13. The highest BCUT2D eigenvalue weighted by atomic mass is 19.4. The lowest BCUT2D eigenvalue weighted by Crippen LogP contribution is -2.58. The summed E-state index contributed by atoms with van der Waals surface area (Å²) >= 11 is 0. The number of carbonyl (C=O) groups is 1. The molecule has 0 spiro atoms. The molecule has 38 heavy (non-hydrogen) atoms. The minimum Gasteiger partial charge on any atom is -0.306 e. The van der Waals surface area contributed by atoms with Crippen LogP contribution in [-0.2, 0) is 5.92 Å². The van der Waals surface area contributed by atoms with Crippen molar-refractivity contribution in [3.63, 3.8) is 0 Å². The fourth-order valence-electron chi connectivity index (χ4n) is 2.28. The van der Waals surface area contributed by atoms with E-state index in [1.165, 1.54) is 0 Å². The van der Waals surface area contributed by atoms with Crippen molar-refractivity contribution >= 4 is 11.9 Å². The fraction of sp³-hybridized carbons (Fsp3) is 0.667. The van der Waals surface area contributed by atoms with Gasteiger partial charge in [0.25, 0.3) is 0 Å². The minimum atomic E-state index is -6.40. The average Bonchev–Trinajstić information content (AvgIpc) is 3.20. The molecule has 0 bridgehead atoms. The van der Waals surface area contributed by atoms with Crippen LogP contribution in [0.3, 0.4) is 0 Å². The molecule has 0 saturated carbocycles. The van der Waals surface area contributed by atoms with Crippen molar-refractivity contribution in [1.82, 2.24) is 14.8 Å². The maximum atomic E-state index is 14.6. The van der Waals surface area contributed by atoms with E-state index in [0.717, 1.165) is 0 Å². The minimum absolute atomic E-state index is 1.20. The van der Waals surface area contributed by atoms with E-state index in [4.69, 9.17) is 0 Å². The van der Waals surface area contributed by atoms with Gasteiger partial charge in [-0.2, -0.15) is 13.2 Å². The van der Waals surface area contributed by atoms with E-state index in [1.807, 2.05) is 0 Å². The zero-order valence-corrected chi connectivity index (χ0v) is 17.0. The third-order valence-corrected chi connectivity index (χ3v) is 4.05. The number of hydrogen-bond acceptors (Lipinski definition) is 16. The molecule has 210 valence electrons. The van der Waals surface area contributed by atoms with E-state index in [9.17, 15) is 91.8 Å². The Hall–Kier alpha value is -5.41. The van der Waals surface area contributed by atoms with E-state index < -0.39 is 93.7 Å². The molecule has 0 radical (unpaired) electrons. The number of hydrogen-bond donors (Lipinski definition) is 0. The SMILES string of the molecule is O=C(n1c(N(CC(F)([N+](=O)[O-])[N+](=O)[O-])CC(F)([N+](=O)[O-])[N+](=O)[O-])nnc1C(F)([N+](=O)[O-])[N+](=O)[O-])C(F)(F)F. The lowest BCUT2D eigenvalue weighted by atomic mass is 10.3. The highest BCUT2D eigenvalue weighted by molar-refractivity contribution is 5.87. The smallest absolute Gasteiger partial charge is 0.306 e. The maximum absolute atomic E-state index is 14.6. The third kappa shape index (κ3) is 4.95. The van der Waals surface area contributed by atoms with Gasteiger partial charge in [0, 0.05) is 0 Å². The number of nitrogens with zero attached hydrogens (tertiary/aromatic N) is 10. The summed E-state index contributed by atoms with van der Waals surface area (Å²) in [6.07, 6.45) is -6.40. The normalized spacial score (nSPS) is 12.5. The molecule has 0 unspecified atom stereocenters.